The molecule has 0 saturated carbocycles. The lowest BCUT2D eigenvalue weighted by Gasteiger charge is -2.12. The SMILES string of the molecule is CCn1nc(CNCCC2=CCCCC2)c(-c2ccccc2)n1. The first kappa shape index (κ1) is 15.9. The molecule has 1 aromatic heterocycles. The number of aromatic nitrogens is 3. The van der Waals surface area contributed by atoms with Crippen LogP contribution in [0.3, 0.4) is 0 Å². The summed E-state index contributed by atoms with van der Waals surface area (Å²) < 4.78 is 0. The van der Waals surface area contributed by atoms with Crippen LogP contribution in [-0.2, 0) is 13.1 Å². The molecule has 0 amide bonds. The molecule has 1 aromatic carbocycles. The first-order chi connectivity index (χ1) is 11.4. The van der Waals surface area contributed by atoms with E-state index < -0.39 is 0 Å². The van der Waals surface area contributed by atoms with Crippen molar-refractivity contribution in [1.82, 2.24) is 20.3 Å². The van der Waals surface area contributed by atoms with E-state index in [1.807, 2.05) is 18.2 Å². The van der Waals surface area contributed by atoms with Gasteiger partial charge in [0.2, 0.25) is 0 Å². The van der Waals surface area contributed by atoms with E-state index in [-0.39, 0.29) is 0 Å². The van der Waals surface area contributed by atoms with E-state index in [2.05, 4.69) is 40.6 Å². The molecule has 1 heterocycles. The van der Waals surface area contributed by atoms with Crippen LogP contribution in [0.25, 0.3) is 11.3 Å². The van der Waals surface area contributed by atoms with Crippen molar-refractivity contribution in [2.75, 3.05) is 6.54 Å². The van der Waals surface area contributed by atoms with Gasteiger partial charge in [-0.1, -0.05) is 42.0 Å². The van der Waals surface area contributed by atoms with Crippen LogP contribution in [0, 0.1) is 0 Å². The summed E-state index contributed by atoms with van der Waals surface area (Å²) in [5, 5.41) is 12.8. The summed E-state index contributed by atoms with van der Waals surface area (Å²) >= 11 is 0. The molecule has 0 aliphatic heterocycles. The van der Waals surface area contributed by atoms with E-state index in [4.69, 9.17) is 0 Å². The Hall–Kier alpha value is -1.94. The van der Waals surface area contributed by atoms with E-state index >= 15 is 0 Å². The highest BCUT2D eigenvalue weighted by molar-refractivity contribution is 5.60. The Morgan fingerprint density at radius 1 is 1.13 bits per heavy atom. The van der Waals surface area contributed by atoms with Crippen LogP contribution in [0.15, 0.2) is 42.0 Å². The van der Waals surface area contributed by atoms with E-state index in [1.54, 1.807) is 10.4 Å². The topological polar surface area (TPSA) is 42.7 Å². The molecular formula is C19H26N4. The zero-order valence-electron chi connectivity index (χ0n) is 14.0. The van der Waals surface area contributed by atoms with E-state index in [0.717, 1.165) is 43.0 Å². The van der Waals surface area contributed by atoms with Crippen molar-refractivity contribution in [2.24, 2.45) is 0 Å². The number of hydrogen-bond acceptors (Lipinski definition) is 3. The normalized spacial score (nSPS) is 14.7. The molecule has 122 valence electrons. The predicted octanol–water partition coefficient (Wildman–Crippen LogP) is 3.95. The third-order valence-corrected chi connectivity index (χ3v) is 4.36. The minimum Gasteiger partial charge on any atom is -0.311 e. The Morgan fingerprint density at radius 2 is 2.00 bits per heavy atom. The van der Waals surface area contributed by atoms with Crippen LogP contribution in [-0.4, -0.2) is 21.5 Å². The molecule has 3 rings (SSSR count). The van der Waals surface area contributed by atoms with Crippen LogP contribution < -0.4 is 5.32 Å². The Morgan fingerprint density at radius 3 is 2.74 bits per heavy atom. The molecule has 4 nitrogen and oxygen atoms in total. The standard InChI is InChI=1S/C19H26N4/c1-2-23-21-18(19(22-23)17-11-7-4-8-12-17)15-20-14-13-16-9-5-3-6-10-16/h4,7-9,11-12,20H,2-3,5-6,10,13-15H2,1H3. The van der Waals surface area contributed by atoms with Crippen LogP contribution >= 0.6 is 0 Å². The first-order valence-corrected chi connectivity index (χ1v) is 8.75. The first-order valence-electron chi connectivity index (χ1n) is 8.75. The van der Waals surface area contributed by atoms with Gasteiger partial charge >= 0.3 is 0 Å². The fourth-order valence-electron chi connectivity index (χ4n) is 3.05. The molecule has 0 spiro atoms. The second-order valence-corrected chi connectivity index (χ2v) is 6.08. The van der Waals surface area contributed by atoms with Crippen LogP contribution in [0.4, 0.5) is 0 Å². The fourth-order valence-corrected chi connectivity index (χ4v) is 3.05. The molecule has 0 saturated heterocycles. The van der Waals surface area contributed by atoms with Gasteiger partial charge in [-0.2, -0.15) is 15.0 Å². The zero-order chi connectivity index (χ0) is 15.9. The summed E-state index contributed by atoms with van der Waals surface area (Å²) in [6.45, 7) is 4.66. The summed E-state index contributed by atoms with van der Waals surface area (Å²) in [5.41, 5.74) is 4.79. The second kappa shape index (κ2) is 8.06. The lowest BCUT2D eigenvalue weighted by atomic mass is 9.97. The van der Waals surface area contributed by atoms with E-state index in [0.29, 0.717) is 0 Å². The Labute approximate surface area is 138 Å². The maximum atomic E-state index is 4.62. The predicted molar refractivity (Wildman–Crippen MR) is 94.0 cm³/mol. The minimum atomic E-state index is 0.775. The Bertz CT molecular complexity index is 643. The molecule has 0 atom stereocenters. The number of nitrogens with zero attached hydrogens (tertiary/aromatic N) is 3. The maximum Gasteiger partial charge on any atom is 0.117 e. The van der Waals surface area contributed by atoms with Gasteiger partial charge in [0.05, 0.1) is 6.54 Å². The van der Waals surface area contributed by atoms with Gasteiger partial charge in [-0.15, -0.1) is 0 Å². The number of aryl methyl sites for hydroxylation is 1. The van der Waals surface area contributed by atoms with Gasteiger partial charge in [0.15, 0.2) is 0 Å². The summed E-state index contributed by atoms with van der Waals surface area (Å²) in [6, 6.07) is 10.3. The number of allylic oxidation sites excluding steroid dienone is 1. The highest BCUT2D eigenvalue weighted by atomic mass is 15.5. The molecule has 0 fully saturated rings. The van der Waals surface area contributed by atoms with Crippen molar-refractivity contribution in [3.8, 4) is 11.3 Å². The second-order valence-electron chi connectivity index (χ2n) is 6.08. The molecule has 0 bridgehead atoms. The van der Waals surface area contributed by atoms with Gasteiger partial charge in [-0.3, -0.25) is 0 Å². The molecule has 1 N–H and O–H groups in total. The Kier molecular flexibility index (Phi) is 5.59. The maximum absolute atomic E-state index is 4.62. The van der Waals surface area contributed by atoms with Gasteiger partial charge < -0.3 is 5.32 Å². The van der Waals surface area contributed by atoms with Gasteiger partial charge in [-0.25, -0.2) is 0 Å². The number of benzene rings is 1. The van der Waals surface area contributed by atoms with Crippen molar-refractivity contribution >= 4 is 0 Å². The van der Waals surface area contributed by atoms with Crippen molar-refractivity contribution in [1.29, 1.82) is 0 Å². The largest absolute Gasteiger partial charge is 0.311 e. The average Bonchev–Trinajstić information content (AvgIpc) is 3.04. The van der Waals surface area contributed by atoms with Crippen LogP contribution in [0.1, 0.15) is 44.7 Å². The lowest BCUT2D eigenvalue weighted by molar-refractivity contribution is 0.557. The monoisotopic (exact) mass is 310 g/mol. The smallest absolute Gasteiger partial charge is 0.117 e. The summed E-state index contributed by atoms with van der Waals surface area (Å²) in [5.74, 6) is 0. The minimum absolute atomic E-state index is 0.775. The quantitative estimate of drug-likeness (QED) is 0.622. The van der Waals surface area contributed by atoms with Crippen molar-refractivity contribution < 1.29 is 0 Å². The molecule has 1 aliphatic rings. The van der Waals surface area contributed by atoms with Gasteiger partial charge in [0.1, 0.15) is 11.4 Å². The summed E-state index contributed by atoms with van der Waals surface area (Å²) in [7, 11) is 0. The number of nitrogens with one attached hydrogen (secondary N) is 1. The molecule has 1 aliphatic carbocycles. The molecular weight excluding hydrogens is 284 g/mol. The Balaban J connectivity index is 1.61. The van der Waals surface area contributed by atoms with E-state index in [9.17, 15) is 0 Å². The van der Waals surface area contributed by atoms with Crippen molar-refractivity contribution in [2.45, 2.75) is 52.1 Å². The average molecular weight is 310 g/mol. The lowest BCUT2D eigenvalue weighted by Crippen LogP contribution is -2.16. The van der Waals surface area contributed by atoms with E-state index in [1.165, 1.54) is 25.7 Å². The summed E-state index contributed by atoms with van der Waals surface area (Å²) in [6.07, 6.45) is 8.84. The number of hydrogen-bond donors (Lipinski definition) is 1. The summed E-state index contributed by atoms with van der Waals surface area (Å²) in [4.78, 5) is 1.78. The third-order valence-electron chi connectivity index (χ3n) is 4.36. The van der Waals surface area contributed by atoms with Crippen molar-refractivity contribution in [3.05, 3.63) is 47.7 Å². The third kappa shape index (κ3) is 4.29. The molecule has 2 aromatic rings. The van der Waals surface area contributed by atoms with Gasteiger partial charge in [-0.05, 0) is 45.6 Å². The molecule has 4 heteroatoms. The van der Waals surface area contributed by atoms with Crippen molar-refractivity contribution in [3.63, 3.8) is 0 Å². The highest BCUT2D eigenvalue weighted by Crippen LogP contribution is 2.21. The number of rotatable bonds is 7. The fraction of sp³-hybridized carbons (Fsp3) is 0.474. The van der Waals surface area contributed by atoms with Gasteiger partial charge in [0.25, 0.3) is 0 Å². The van der Waals surface area contributed by atoms with Gasteiger partial charge in [0, 0.05) is 12.1 Å². The molecule has 23 heavy (non-hydrogen) atoms. The molecule has 0 radical (unpaired) electrons. The van der Waals surface area contributed by atoms with Crippen LogP contribution in [0.5, 0.6) is 0 Å². The zero-order valence-corrected chi connectivity index (χ0v) is 14.0. The highest BCUT2D eigenvalue weighted by Gasteiger charge is 2.12. The molecule has 0 unspecified atom stereocenters. The van der Waals surface area contributed by atoms with Crippen LogP contribution in [0.2, 0.25) is 0 Å².